The Balaban J connectivity index is 1.91. The Hall–Kier alpha value is -1.02. The van der Waals surface area contributed by atoms with Crippen LogP contribution in [0, 0.1) is 0 Å². The van der Waals surface area contributed by atoms with Gasteiger partial charge in [-0.3, -0.25) is 0 Å². The maximum Gasteiger partial charge on any atom is 0.125 e. The summed E-state index contributed by atoms with van der Waals surface area (Å²) >= 11 is 0. The predicted molar refractivity (Wildman–Crippen MR) is 69.7 cm³/mol. The number of ether oxygens (including phenoxy) is 1. The van der Waals surface area contributed by atoms with Crippen LogP contribution in [0.1, 0.15) is 43.2 Å². The van der Waals surface area contributed by atoms with Crippen molar-refractivity contribution < 1.29 is 4.74 Å². The predicted octanol–water partition coefficient (Wildman–Crippen LogP) is 2.87. The molecule has 2 heteroatoms. The third kappa shape index (κ3) is 2.19. The van der Waals surface area contributed by atoms with E-state index in [9.17, 15) is 0 Å². The second kappa shape index (κ2) is 4.69. The maximum atomic E-state index is 5.92. The fourth-order valence-electron chi connectivity index (χ4n) is 3.15. The first-order chi connectivity index (χ1) is 8.34. The third-order valence-electron chi connectivity index (χ3n) is 4.03. The molecule has 2 heterocycles. The second-order valence-electron chi connectivity index (χ2n) is 5.36. The molecule has 1 saturated heterocycles. The monoisotopic (exact) mass is 231 g/mol. The third-order valence-corrected chi connectivity index (χ3v) is 4.03. The smallest absolute Gasteiger partial charge is 0.125 e. The molecule has 1 N–H and O–H groups in total. The summed E-state index contributed by atoms with van der Waals surface area (Å²) in [4.78, 5) is 0. The number of piperidine rings is 1. The van der Waals surface area contributed by atoms with E-state index >= 15 is 0 Å². The number of hydrogen-bond donors (Lipinski definition) is 1. The zero-order chi connectivity index (χ0) is 11.7. The summed E-state index contributed by atoms with van der Waals surface area (Å²) in [5, 5.41) is 3.52. The Labute approximate surface area is 103 Å². The highest BCUT2D eigenvalue weighted by molar-refractivity contribution is 5.45. The normalized spacial score (nSPS) is 28.3. The van der Waals surface area contributed by atoms with Crippen LogP contribution >= 0.6 is 0 Å². The number of hydrogen-bond acceptors (Lipinski definition) is 2. The summed E-state index contributed by atoms with van der Waals surface area (Å²) < 4.78 is 5.92. The van der Waals surface area contributed by atoms with Crippen molar-refractivity contribution in [3.63, 3.8) is 0 Å². The zero-order valence-corrected chi connectivity index (χ0v) is 10.5. The Morgan fingerprint density at radius 1 is 1.35 bits per heavy atom. The highest BCUT2D eigenvalue weighted by Crippen LogP contribution is 2.38. The van der Waals surface area contributed by atoms with Crippen LogP contribution in [0.25, 0.3) is 0 Å². The van der Waals surface area contributed by atoms with Crippen molar-refractivity contribution in [2.45, 2.75) is 44.6 Å². The molecule has 1 aromatic rings. The lowest BCUT2D eigenvalue weighted by molar-refractivity contribution is 0.278. The molecule has 2 nitrogen and oxygen atoms in total. The van der Waals surface area contributed by atoms with Crippen molar-refractivity contribution in [3.8, 4) is 5.75 Å². The Morgan fingerprint density at radius 3 is 3.18 bits per heavy atom. The zero-order valence-electron chi connectivity index (χ0n) is 10.5. The van der Waals surface area contributed by atoms with Gasteiger partial charge in [-0.05, 0) is 56.2 Å². The quantitative estimate of drug-likeness (QED) is 0.802. The average molecular weight is 231 g/mol. The van der Waals surface area contributed by atoms with Gasteiger partial charge in [-0.15, -0.1) is 0 Å². The topological polar surface area (TPSA) is 21.3 Å². The van der Waals surface area contributed by atoms with Crippen LogP contribution in [-0.4, -0.2) is 19.2 Å². The molecule has 1 fully saturated rings. The van der Waals surface area contributed by atoms with E-state index in [4.69, 9.17) is 4.74 Å². The first-order valence-corrected chi connectivity index (χ1v) is 6.82. The Kier molecular flexibility index (Phi) is 3.06. The summed E-state index contributed by atoms with van der Waals surface area (Å²) in [6.07, 6.45) is 4.83. The molecule has 1 aromatic carbocycles. The minimum atomic E-state index is 0.633. The molecular formula is C15H21NO. The van der Waals surface area contributed by atoms with E-state index in [1.165, 1.54) is 42.6 Å². The summed E-state index contributed by atoms with van der Waals surface area (Å²) in [7, 11) is 0. The molecular weight excluding hydrogens is 210 g/mol. The van der Waals surface area contributed by atoms with Gasteiger partial charge >= 0.3 is 0 Å². The van der Waals surface area contributed by atoms with E-state index < -0.39 is 0 Å². The molecule has 17 heavy (non-hydrogen) atoms. The first-order valence-electron chi connectivity index (χ1n) is 6.82. The molecule has 0 aromatic heterocycles. The van der Waals surface area contributed by atoms with Gasteiger partial charge in [-0.1, -0.05) is 18.2 Å². The van der Waals surface area contributed by atoms with Crippen LogP contribution in [-0.2, 0) is 6.42 Å². The minimum absolute atomic E-state index is 0.633. The van der Waals surface area contributed by atoms with Crippen LogP contribution < -0.4 is 10.1 Å². The lowest BCUT2D eigenvalue weighted by atomic mass is 9.85. The van der Waals surface area contributed by atoms with Crippen molar-refractivity contribution >= 4 is 0 Å². The summed E-state index contributed by atoms with van der Waals surface area (Å²) in [5.41, 5.74) is 2.87. The van der Waals surface area contributed by atoms with Crippen molar-refractivity contribution in [2.75, 3.05) is 13.2 Å². The molecule has 92 valence electrons. The van der Waals surface area contributed by atoms with E-state index in [0.717, 1.165) is 13.2 Å². The van der Waals surface area contributed by atoms with Crippen molar-refractivity contribution in [2.24, 2.45) is 0 Å². The maximum absolute atomic E-state index is 5.92. The van der Waals surface area contributed by atoms with E-state index in [0.29, 0.717) is 12.0 Å². The molecule has 0 amide bonds. The molecule has 3 rings (SSSR count). The number of benzene rings is 1. The molecule has 0 aliphatic carbocycles. The SMILES string of the molecule is CC1CC(c2cccc3c2OCCC3)CCN1. The number of para-hydroxylation sites is 1. The van der Waals surface area contributed by atoms with Gasteiger partial charge in [0.25, 0.3) is 0 Å². The van der Waals surface area contributed by atoms with Crippen LogP contribution in [0.2, 0.25) is 0 Å². The molecule has 0 saturated carbocycles. The van der Waals surface area contributed by atoms with Crippen LogP contribution in [0.15, 0.2) is 18.2 Å². The number of fused-ring (bicyclic) bond motifs is 1. The summed E-state index contributed by atoms with van der Waals surface area (Å²) in [6, 6.07) is 7.33. The van der Waals surface area contributed by atoms with Gasteiger partial charge in [0.05, 0.1) is 6.61 Å². The average Bonchev–Trinajstić information content (AvgIpc) is 2.38. The molecule has 2 aliphatic heterocycles. The van der Waals surface area contributed by atoms with Crippen LogP contribution in [0.5, 0.6) is 5.75 Å². The van der Waals surface area contributed by atoms with E-state index in [1.807, 2.05) is 0 Å². The number of nitrogens with one attached hydrogen (secondary N) is 1. The van der Waals surface area contributed by atoms with Crippen molar-refractivity contribution in [1.82, 2.24) is 5.32 Å². The highest BCUT2D eigenvalue weighted by Gasteiger charge is 2.24. The van der Waals surface area contributed by atoms with E-state index in [1.54, 1.807) is 0 Å². The highest BCUT2D eigenvalue weighted by atomic mass is 16.5. The number of aryl methyl sites for hydroxylation is 1. The van der Waals surface area contributed by atoms with Crippen molar-refractivity contribution in [1.29, 1.82) is 0 Å². The fraction of sp³-hybridized carbons (Fsp3) is 0.600. The summed E-state index contributed by atoms with van der Waals surface area (Å²) in [6.45, 7) is 4.31. The molecule has 0 spiro atoms. The van der Waals surface area contributed by atoms with Gasteiger partial charge in [0.1, 0.15) is 5.75 Å². The molecule has 2 atom stereocenters. The van der Waals surface area contributed by atoms with Gasteiger partial charge in [-0.2, -0.15) is 0 Å². The lowest BCUT2D eigenvalue weighted by Crippen LogP contribution is -2.35. The minimum Gasteiger partial charge on any atom is -0.493 e. The van der Waals surface area contributed by atoms with Crippen LogP contribution in [0.4, 0.5) is 0 Å². The van der Waals surface area contributed by atoms with Gasteiger partial charge in [0.2, 0.25) is 0 Å². The molecule has 2 unspecified atom stereocenters. The number of rotatable bonds is 1. The Bertz CT molecular complexity index is 402. The van der Waals surface area contributed by atoms with Gasteiger partial charge in [-0.25, -0.2) is 0 Å². The van der Waals surface area contributed by atoms with Crippen molar-refractivity contribution in [3.05, 3.63) is 29.3 Å². The second-order valence-corrected chi connectivity index (χ2v) is 5.36. The van der Waals surface area contributed by atoms with Crippen LogP contribution in [0.3, 0.4) is 0 Å². The first kappa shape index (κ1) is 11.1. The molecule has 2 aliphatic rings. The van der Waals surface area contributed by atoms with Gasteiger partial charge < -0.3 is 10.1 Å². The summed E-state index contributed by atoms with van der Waals surface area (Å²) in [5.74, 6) is 1.89. The fourth-order valence-corrected chi connectivity index (χ4v) is 3.15. The largest absolute Gasteiger partial charge is 0.493 e. The van der Waals surface area contributed by atoms with Gasteiger partial charge in [0, 0.05) is 6.04 Å². The Morgan fingerprint density at radius 2 is 2.29 bits per heavy atom. The lowest BCUT2D eigenvalue weighted by Gasteiger charge is -2.31. The standard InChI is InChI=1S/C15H21NO/c1-11-10-13(7-8-16-11)14-6-2-4-12-5-3-9-17-15(12)14/h2,4,6,11,13,16H,3,5,7-10H2,1H3. The van der Waals surface area contributed by atoms with E-state index in [2.05, 4.69) is 30.4 Å². The molecule has 0 bridgehead atoms. The molecule has 0 radical (unpaired) electrons. The van der Waals surface area contributed by atoms with Gasteiger partial charge in [0.15, 0.2) is 0 Å². The van der Waals surface area contributed by atoms with E-state index in [-0.39, 0.29) is 0 Å².